The molecular weight excluding hydrogens is 382 g/mol. The van der Waals surface area contributed by atoms with Crippen LogP contribution >= 0.6 is 12.2 Å². The van der Waals surface area contributed by atoms with Crippen LogP contribution in [0.2, 0.25) is 0 Å². The van der Waals surface area contributed by atoms with E-state index >= 15 is 0 Å². The normalized spacial score (nSPS) is 14.8. The highest BCUT2D eigenvalue weighted by atomic mass is 32.1. The summed E-state index contributed by atoms with van der Waals surface area (Å²) in [7, 11) is 0. The molecule has 0 bridgehead atoms. The van der Waals surface area contributed by atoms with Crippen LogP contribution in [-0.2, 0) is 13.1 Å². The van der Waals surface area contributed by atoms with Crippen LogP contribution in [0.15, 0.2) is 51.9 Å². The lowest BCUT2D eigenvalue weighted by Gasteiger charge is -2.36. The van der Waals surface area contributed by atoms with Gasteiger partial charge in [0.05, 0.1) is 19.4 Å². The average Bonchev–Trinajstić information content (AvgIpc) is 3.25. The van der Waals surface area contributed by atoms with E-state index in [0.29, 0.717) is 24.2 Å². The van der Waals surface area contributed by atoms with Crippen LogP contribution in [0.5, 0.6) is 0 Å². The number of benzene rings is 1. The molecule has 152 valence electrons. The SMILES string of the molecule is Cc1ccc2cc(CN(C(=S)NCc3ccco3)C3CCCCC3)c(=O)[nH]c2c1. The number of hydrogen-bond acceptors (Lipinski definition) is 3. The fourth-order valence-corrected chi connectivity index (χ4v) is 4.38. The second-order valence-electron chi connectivity index (χ2n) is 7.87. The van der Waals surface area contributed by atoms with Gasteiger partial charge in [0.15, 0.2) is 5.11 Å². The van der Waals surface area contributed by atoms with Gasteiger partial charge < -0.3 is 19.6 Å². The van der Waals surface area contributed by atoms with Crippen molar-refractivity contribution in [3.05, 3.63) is 69.9 Å². The number of nitrogens with zero attached hydrogens (tertiary/aromatic N) is 1. The first-order valence-corrected chi connectivity index (χ1v) is 10.7. The molecule has 2 heterocycles. The van der Waals surface area contributed by atoms with E-state index in [1.807, 2.05) is 31.2 Å². The summed E-state index contributed by atoms with van der Waals surface area (Å²) in [5.74, 6) is 0.842. The number of pyridine rings is 1. The van der Waals surface area contributed by atoms with Crippen LogP contribution in [0.3, 0.4) is 0 Å². The lowest BCUT2D eigenvalue weighted by Crippen LogP contribution is -2.46. The lowest BCUT2D eigenvalue weighted by molar-refractivity contribution is 0.234. The summed E-state index contributed by atoms with van der Waals surface area (Å²) >= 11 is 5.75. The molecule has 0 unspecified atom stereocenters. The highest BCUT2D eigenvalue weighted by Crippen LogP contribution is 2.24. The summed E-state index contributed by atoms with van der Waals surface area (Å²) in [6.07, 6.45) is 7.55. The molecule has 0 aliphatic heterocycles. The van der Waals surface area contributed by atoms with E-state index < -0.39 is 0 Å². The van der Waals surface area contributed by atoms with Crippen molar-refractivity contribution in [3.8, 4) is 0 Å². The Bertz CT molecular complexity index is 1040. The van der Waals surface area contributed by atoms with Crippen molar-refractivity contribution in [2.45, 2.75) is 58.2 Å². The summed E-state index contributed by atoms with van der Waals surface area (Å²) < 4.78 is 5.41. The second-order valence-corrected chi connectivity index (χ2v) is 8.26. The van der Waals surface area contributed by atoms with Crippen molar-refractivity contribution in [2.24, 2.45) is 0 Å². The maximum Gasteiger partial charge on any atom is 0.253 e. The van der Waals surface area contributed by atoms with E-state index in [1.54, 1.807) is 6.26 Å². The van der Waals surface area contributed by atoms with Gasteiger partial charge in [-0.05, 0) is 67.2 Å². The Morgan fingerprint density at radius 1 is 1.24 bits per heavy atom. The molecule has 5 nitrogen and oxygen atoms in total. The second kappa shape index (κ2) is 8.82. The fourth-order valence-electron chi connectivity index (χ4n) is 4.10. The van der Waals surface area contributed by atoms with Gasteiger partial charge in [-0.3, -0.25) is 4.79 Å². The molecule has 29 heavy (non-hydrogen) atoms. The number of thiocarbonyl (C=S) groups is 1. The Kier molecular flexibility index (Phi) is 6.00. The van der Waals surface area contributed by atoms with E-state index in [4.69, 9.17) is 16.6 Å². The number of hydrogen-bond donors (Lipinski definition) is 2. The van der Waals surface area contributed by atoms with Crippen LogP contribution in [-0.4, -0.2) is 21.0 Å². The van der Waals surface area contributed by atoms with Gasteiger partial charge in [0.2, 0.25) is 0 Å². The molecule has 2 N–H and O–H groups in total. The maximum atomic E-state index is 12.8. The zero-order chi connectivity index (χ0) is 20.2. The van der Waals surface area contributed by atoms with Crippen molar-refractivity contribution < 1.29 is 4.42 Å². The number of aromatic amines is 1. The minimum absolute atomic E-state index is 0.0438. The van der Waals surface area contributed by atoms with Crippen molar-refractivity contribution in [2.75, 3.05) is 0 Å². The van der Waals surface area contributed by atoms with Gasteiger partial charge in [-0.15, -0.1) is 0 Å². The first kappa shape index (κ1) is 19.7. The van der Waals surface area contributed by atoms with Crippen LogP contribution in [0, 0.1) is 6.92 Å². The summed E-state index contributed by atoms with van der Waals surface area (Å²) in [5, 5.41) is 5.04. The molecule has 3 aromatic rings. The number of aromatic nitrogens is 1. The molecule has 1 aliphatic rings. The number of rotatable bonds is 5. The predicted molar refractivity (Wildman–Crippen MR) is 120 cm³/mol. The van der Waals surface area contributed by atoms with E-state index in [0.717, 1.165) is 40.6 Å². The van der Waals surface area contributed by atoms with E-state index in [1.165, 1.54) is 19.3 Å². The van der Waals surface area contributed by atoms with Crippen LogP contribution in [0.25, 0.3) is 10.9 Å². The van der Waals surface area contributed by atoms with Crippen molar-refractivity contribution in [1.29, 1.82) is 0 Å². The quantitative estimate of drug-likeness (QED) is 0.601. The highest BCUT2D eigenvalue weighted by Gasteiger charge is 2.24. The minimum atomic E-state index is -0.0438. The topological polar surface area (TPSA) is 61.3 Å². The number of aryl methyl sites for hydroxylation is 1. The number of furan rings is 1. The van der Waals surface area contributed by atoms with Gasteiger partial charge in [-0.2, -0.15) is 0 Å². The average molecular weight is 410 g/mol. The largest absolute Gasteiger partial charge is 0.467 e. The predicted octanol–water partition coefficient (Wildman–Crippen LogP) is 4.64. The Morgan fingerprint density at radius 2 is 2.07 bits per heavy atom. The molecule has 1 fully saturated rings. The molecular formula is C23H27N3O2S. The monoisotopic (exact) mass is 409 g/mol. The fraction of sp³-hybridized carbons (Fsp3) is 0.391. The molecule has 2 aromatic heterocycles. The smallest absolute Gasteiger partial charge is 0.253 e. The standard InChI is InChI=1S/C23H27N3O2S/c1-16-9-10-17-13-18(22(27)25-21(17)12-16)15-26(19-6-3-2-4-7-19)23(29)24-14-20-8-5-11-28-20/h5,8-13,19H,2-4,6-7,14-15H2,1H3,(H,24,29)(H,25,27). The van der Waals surface area contributed by atoms with Gasteiger partial charge in [-0.25, -0.2) is 0 Å². The van der Waals surface area contributed by atoms with Crippen LogP contribution < -0.4 is 10.9 Å². The van der Waals surface area contributed by atoms with Gasteiger partial charge in [-0.1, -0.05) is 31.4 Å². The number of nitrogens with one attached hydrogen (secondary N) is 2. The molecule has 4 rings (SSSR count). The molecule has 1 saturated carbocycles. The maximum absolute atomic E-state index is 12.8. The zero-order valence-electron chi connectivity index (χ0n) is 16.7. The summed E-state index contributed by atoms with van der Waals surface area (Å²) in [5.41, 5.74) is 2.71. The molecule has 0 saturated heterocycles. The third-order valence-electron chi connectivity index (χ3n) is 5.69. The molecule has 0 atom stereocenters. The van der Waals surface area contributed by atoms with E-state index in [2.05, 4.69) is 27.3 Å². The highest BCUT2D eigenvalue weighted by molar-refractivity contribution is 7.80. The third-order valence-corrected chi connectivity index (χ3v) is 6.07. The first-order chi connectivity index (χ1) is 14.1. The molecule has 0 radical (unpaired) electrons. The van der Waals surface area contributed by atoms with Gasteiger partial charge in [0.25, 0.3) is 5.56 Å². The number of fused-ring (bicyclic) bond motifs is 1. The molecule has 1 aliphatic carbocycles. The Hall–Kier alpha value is -2.60. The Labute approximate surface area is 176 Å². The number of H-pyrrole nitrogens is 1. The van der Waals surface area contributed by atoms with Crippen molar-refractivity contribution in [1.82, 2.24) is 15.2 Å². The molecule has 6 heteroatoms. The van der Waals surface area contributed by atoms with E-state index in [9.17, 15) is 4.79 Å². The zero-order valence-corrected chi connectivity index (χ0v) is 17.6. The summed E-state index contributed by atoms with van der Waals surface area (Å²) in [6, 6.07) is 12.3. The van der Waals surface area contributed by atoms with Crippen molar-refractivity contribution in [3.63, 3.8) is 0 Å². The molecule has 1 aromatic carbocycles. The van der Waals surface area contributed by atoms with Crippen LogP contribution in [0.1, 0.15) is 49.0 Å². The Balaban J connectivity index is 1.58. The minimum Gasteiger partial charge on any atom is -0.467 e. The Morgan fingerprint density at radius 3 is 2.83 bits per heavy atom. The van der Waals surface area contributed by atoms with Crippen LogP contribution in [0.4, 0.5) is 0 Å². The summed E-state index contributed by atoms with van der Waals surface area (Å²) in [6.45, 7) is 3.08. The van der Waals surface area contributed by atoms with Crippen molar-refractivity contribution >= 4 is 28.2 Å². The lowest BCUT2D eigenvalue weighted by atomic mass is 9.94. The van der Waals surface area contributed by atoms with Gasteiger partial charge in [0, 0.05) is 17.1 Å². The molecule has 0 amide bonds. The first-order valence-electron chi connectivity index (χ1n) is 10.3. The van der Waals surface area contributed by atoms with Gasteiger partial charge >= 0.3 is 0 Å². The van der Waals surface area contributed by atoms with Gasteiger partial charge in [0.1, 0.15) is 5.76 Å². The molecule has 0 spiro atoms. The third kappa shape index (κ3) is 4.70. The van der Waals surface area contributed by atoms with E-state index in [-0.39, 0.29) is 5.56 Å². The summed E-state index contributed by atoms with van der Waals surface area (Å²) in [4.78, 5) is 18.0.